The molecule has 0 aliphatic carbocycles. The number of nitrogens with zero attached hydrogens (tertiary/aromatic N) is 1. The van der Waals surface area contributed by atoms with Gasteiger partial charge in [-0.05, 0) is 52.7 Å². The molecule has 0 aromatic heterocycles. The SMILES string of the molecule is CCCCN(CC)CC(C)CNC(C)(C)C. The minimum absolute atomic E-state index is 0.245. The van der Waals surface area contributed by atoms with Crippen LogP contribution >= 0.6 is 0 Å². The van der Waals surface area contributed by atoms with Crippen LogP contribution in [0.1, 0.15) is 54.4 Å². The van der Waals surface area contributed by atoms with E-state index in [1.165, 1.54) is 32.5 Å². The van der Waals surface area contributed by atoms with Crippen molar-refractivity contribution >= 4 is 0 Å². The maximum Gasteiger partial charge on any atom is 0.00966 e. The fourth-order valence-corrected chi connectivity index (χ4v) is 1.75. The highest BCUT2D eigenvalue weighted by Gasteiger charge is 2.13. The molecule has 0 heterocycles. The summed E-state index contributed by atoms with van der Waals surface area (Å²) >= 11 is 0. The van der Waals surface area contributed by atoms with E-state index >= 15 is 0 Å². The molecule has 0 bridgehead atoms. The number of nitrogens with one attached hydrogen (secondary N) is 1. The highest BCUT2D eigenvalue weighted by atomic mass is 15.1. The summed E-state index contributed by atoms with van der Waals surface area (Å²) in [6, 6.07) is 0. The quantitative estimate of drug-likeness (QED) is 0.686. The Bertz CT molecular complexity index is 161. The van der Waals surface area contributed by atoms with Crippen LogP contribution in [0.2, 0.25) is 0 Å². The van der Waals surface area contributed by atoms with Gasteiger partial charge >= 0.3 is 0 Å². The third kappa shape index (κ3) is 9.17. The topological polar surface area (TPSA) is 15.3 Å². The summed E-state index contributed by atoms with van der Waals surface area (Å²) < 4.78 is 0. The third-order valence-corrected chi connectivity index (χ3v) is 2.83. The van der Waals surface area contributed by atoms with Gasteiger partial charge in [0.25, 0.3) is 0 Å². The average molecular weight is 228 g/mol. The van der Waals surface area contributed by atoms with Gasteiger partial charge < -0.3 is 10.2 Å². The minimum Gasteiger partial charge on any atom is -0.312 e. The number of hydrogen-bond acceptors (Lipinski definition) is 2. The molecule has 1 atom stereocenters. The van der Waals surface area contributed by atoms with Crippen LogP contribution in [0.5, 0.6) is 0 Å². The molecule has 2 nitrogen and oxygen atoms in total. The van der Waals surface area contributed by atoms with Crippen molar-refractivity contribution in [2.75, 3.05) is 26.2 Å². The van der Waals surface area contributed by atoms with Crippen LogP contribution in [0.4, 0.5) is 0 Å². The van der Waals surface area contributed by atoms with E-state index < -0.39 is 0 Å². The maximum absolute atomic E-state index is 3.58. The monoisotopic (exact) mass is 228 g/mol. The van der Waals surface area contributed by atoms with Crippen molar-refractivity contribution in [3.63, 3.8) is 0 Å². The Morgan fingerprint density at radius 2 is 1.81 bits per heavy atom. The third-order valence-electron chi connectivity index (χ3n) is 2.83. The van der Waals surface area contributed by atoms with Crippen molar-refractivity contribution in [2.24, 2.45) is 5.92 Å². The molecule has 0 radical (unpaired) electrons. The van der Waals surface area contributed by atoms with Crippen molar-refractivity contribution in [2.45, 2.75) is 59.9 Å². The van der Waals surface area contributed by atoms with Gasteiger partial charge in [-0.25, -0.2) is 0 Å². The lowest BCUT2D eigenvalue weighted by Gasteiger charge is -2.27. The van der Waals surface area contributed by atoms with Crippen LogP contribution in [-0.4, -0.2) is 36.6 Å². The van der Waals surface area contributed by atoms with Crippen LogP contribution < -0.4 is 5.32 Å². The van der Waals surface area contributed by atoms with E-state index in [4.69, 9.17) is 0 Å². The van der Waals surface area contributed by atoms with Crippen molar-refractivity contribution in [3.05, 3.63) is 0 Å². The number of hydrogen-bond donors (Lipinski definition) is 1. The molecule has 0 amide bonds. The molecule has 98 valence electrons. The first-order chi connectivity index (χ1) is 7.39. The molecular formula is C14H32N2. The predicted molar refractivity (Wildman–Crippen MR) is 73.9 cm³/mol. The molecule has 0 saturated carbocycles. The van der Waals surface area contributed by atoms with E-state index in [9.17, 15) is 0 Å². The highest BCUT2D eigenvalue weighted by Crippen LogP contribution is 2.04. The summed E-state index contributed by atoms with van der Waals surface area (Å²) in [7, 11) is 0. The van der Waals surface area contributed by atoms with Gasteiger partial charge in [0.15, 0.2) is 0 Å². The Morgan fingerprint density at radius 3 is 2.25 bits per heavy atom. The van der Waals surface area contributed by atoms with E-state index in [0.29, 0.717) is 0 Å². The summed E-state index contributed by atoms with van der Waals surface area (Å²) in [6.07, 6.45) is 2.62. The lowest BCUT2D eigenvalue weighted by atomic mass is 10.1. The van der Waals surface area contributed by atoms with Crippen LogP contribution in [0.3, 0.4) is 0 Å². The molecular weight excluding hydrogens is 196 g/mol. The summed E-state index contributed by atoms with van der Waals surface area (Å²) in [6.45, 7) is 18.3. The zero-order chi connectivity index (χ0) is 12.6. The maximum atomic E-state index is 3.58. The molecule has 0 rings (SSSR count). The summed E-state index contributed by atoms with van der Waals surface area (Å²) in [5.74, 6) is 0.732. The van der Waals surface area contributed by atoms with Crippen LogP contribution in [-0.2, 0) is 0 Å². The van der Waals surface area contributed by atoms with Gasteiger partial charge in [-0.3, -0.25) is 0 Å². The Hall–Kier alpha value is -0.0800. The first-order valence-corrected chi connectivity index (χ1v) is 6.86. The Labute approximate surface area is 103 Å². The van der Waals surface area contributed by atoms with Crippen molar-refractivity contribution in [1.82, 2.24) is 10.2 Å². The van der Waals surface area contributed by atoms with E-state index in [1.54, 1.807) is 0 Å². The molecule has 0 aromatic rings. The zero-order valence-corrected chi connectivity index (χ0v) is 12.3. The zero-order valence-electron chi connectivity index (χ0n) is 12.3. The van der Waals surface area contributed by atoms with Gasteiger partial charge in [0.2, 0.25) is 0 Å². The van der Waals surface area contributed by atoms with Crippen molar-refractivity contribution in [1.29, 1.82) is 0 Å². The second-order valence-corrected chi connectivity index (χ2v) is 5.98. The van der Waals surface area contributed by atoms with Gasteiger partial charge in [0.05, 0.1) is 0 Å². The Balaban J connectivity index is 3.77. The van der Waals surface area contributed by atoms with Crippen LogP contribution in [0, 0.1) is 5.92 Å². The molecule has 16 heavy (non-hydrogen) atoms. The summed E-state index contributed by atoms with van der Waals surface area (Å²) in [5.41, 5.74) is 0.245. The first kappa shape index (κ1) is 15.9. The molecule has 1 unspecified atom stereocenters. The molecule has 2 heteroatoms. The lowest BCUT2D eigenvalue weighted by molar-refractivity contribution is 0.234. The normalized spacial score (nSPS) is 14.4. The van der Waals surface area contributed by atoms with E-state index in [-0.39, 0.29) is 5.54 Å². The van der Waals surface area contributed by atoms with Crippen molar-refractivity contribution in [3.8, 4) is 0 Å². The van der Waals surface area contributed by atoms with E-state index in [2.05, 4.69) is 51.8 Å². The van der Waals surface area contributed by atoms with Crippen LogP contribution in [0.15, 0.2) is 0 Å². The van der Waals surface area contributed by atoms with Gasteiger partial charge in [-0.1, -0.05) is 27.2 Å². The molecule has 0 fully saturated rings. The smallest absolute Gasteiger partial charge is 0.00966 e. The Morgan fingerprint density at radius 1 is 1.19 bits per heavy atom. The van der Waals surface area contributed by atoms with Crippen molar-refractivity contribution < 1.29 is 0 Å². The fraction of sp³-hybridized carbons (Fsp3) is 1.00. The first-order valence-electron chi connectivity index (χ1n) is 6.86. The summed E-state index contributed by atoms with van der Waals surface area (Å²) in [5, 5.41) is 3.58. The molecule has 1 N–H and O–H groups in total. The summed E-state index contributed by atoms with van der Waals surface area (Å²) in [4.78, 5) is 2.57. The highest BCUT2D eigenvalue weighted by molar-refractivity contribution is 4.73. The number of rotatable bonds is 8. The minimum atomic E-state index is 0.245. The molecule has 0 saturated heterocycles. The molecule has 0 spiro atoms. The van der Waals surface area contributed by atoms with E-state index in [0.717, 1.165) is 12.5 Å². The predicted octanol–water partition coefficient (Wildman–Crippen LogP) is 3.13. The molecule has 0 aromatic carbocycles. The van der Waals surface area contributed by atoms with Gasteiger partial charge in [0.1, 0.15) is 0 Å². The van der Waals surface area contributed by atoms with Gasteiger partial charge in [-0.2, -0.15) is 0 Å². The van der Waals surface area contributed by atoms with Gasteiger partial charge in [0, 0.05) is 12.1 Å². The Kier molecular flexibility index (Phi) is 8.04. The van der Waals surface area contributed by atoms with E-state index in [1.807, 2.05) is 0 Å². The molecule has 0 aliphatic heterocycles. The van der Waals surface area contributed by atoms with Crippen LogP contribution in [0.25, 0.3) is 0 Å². The second-order valence-electron chi connectivity index (χ2n) is 5.98. The fourth-order valence-electron chi connectivity index (χ4n) is 1.75. The molecule has 0 aliphatic rings. The average Bonchev–Trinajstić information content (AvgIpc) is 2.20. The largest absolute Gasteiger partial charge is 0.312 e. The second kappa shape index (κ2) is 8.08. The number of unbranched alkanes of at least 4 members (excludes halogenated alkanes) is 1. The van der Waals surface area contributed by atoms with Gasteiger partial charge in [-0.15, -0.1) is 0 Å². The lowest BCUT2D eigenvalue weighted by Crippen LogP contribution is -2.41. The standard InChI is InChI=1S/C14H32N2/c1-7-9-10-16(8-2)12-13(3)11-15-14(4,5)6/h13,15H,7-12H2,1-6H3.